The molecule has 0 aromatic carbocycles. The molecule has 0 radical (unpaired) electrons. The van der Waals surface area contributed by atoms with Crippen molar-refractivity contribution >= 4 is 5.97 Å². The number of aliphatic hydroxyl groups is 4. The van der Waals surface area contributed by atoms with Gasteiger partial charge in [0.05, 0.1) is 19.8 Å². The van der Waals surface area contributed by atoms with E-state index in [1.54, 1.807) is 0 Å². The van der Waals surface area contributed by atoms with E-state index in [4.69, 9.17) is 18.9 Å². The Kier molecular flexibility index (Phi) is 38.8. The number of rotatable bonds is 41. The van der Waals surface area contributed by atoms with Gasteiger partial charge in [-0.25, -0.2) is 0 Å². The monoisotopic (exact) mass is 835 g/mol. The third-order valence-electron chi connectivity index (χ3n) is 11.0. The number of hydrogen-bond acceptors (Lipinski definition) is 9. The molecular weight excluding hydrogens is 745 g/mol. The van der Waals surface area contributed by atoms with Crippen molar-refractivity contribution < 1.29 is 44.2 Å². The van der Waals surface area contributed by atoms with E-state index in [2.05, 4.69) is 62.5 Å². The van der Waals surface area contributed by atoms with Crippen LogP contribution in [0.5, 0.6) is 0 Å². The minimum atomic E-state index is -1.54. The topological polar surface area (TPSA) is 135 Å². The number of esters is 1. The van der Waals surface area contributed by atoms with Crippen LogP contribution in [0.25, 0.3) is 0 Å². The van der Waals surface area contributed by atoms with Crippen LogP contribution in [0, 0.1) is 0 Å². The molecule has 0 aromatic rings. The molecular formula is C50H90O9. The molecule has 4 N–H and O–H groups in total. The second-order valence-electron chi connectivity index (χ2n) is 16.6. The first-order valence-electron chi connectivity index (χ1n) is 24.2. The fourth-order valence-corrected chi connectivity index (χ4v) is 7.14. The van der Waals surface area contributed by atoms with Gasteiger partial charge in [0, 0.05) is 13.0 Å². The lowest BCUT2D eigenvalue weighted by Crippen LogP contribution is -2.59. The molecule has 59 heavy (non-hydrogen) atoms. The van der Waals surface area contributed by atoms with Crippen molar-refractivity contribution in [1.82, 2.24) is 0 Å². The summed E-state index contributed by atoms with van der Waals surface area (Å²) in [6.45, 7) is 4.50. The number of carbonyl (C=O) groups is 1. The van der Waals surface area contributed by atoms with Gasteiger partial charge in [-0.3, -0.25) is 4.79 Å². The summed E-state index contributed by atoms with van der Waals surface area (Å²) in [5.41, 5.74) is 0. The molecule has 0 spiro atoms. The van der Waals surface area contributed by atoms with Gasteiger partial charge in [0.15, 0.2) is 6.29 Å². The van der Waals surface area contributed by atoms with E-state index in [-0.39, 0.29) is 19.2 Å². The maximum absolute atomic E-state index is 12.8. The van der Waals surface area contributed by atoms with Crippen molar-refractivity contribution in [2.24, 2.45) is 0 Å². The van der Waals surface area contributed by atoms with E-state index in [1.165, 1.54) is 122 Å². The number of aliphatic hydroxyl groups excluding tert-OH is 4. The van der Waals surface area contributed by atoms with Crippen molar-refractivity contribution in [2.45, 2.75) is 237 Å². The molecule has 6 atom stereocenters. The summed E-state index contributed by atoms with van der Waals surface area (Å²) in [4.78, 5) is 12.8. The summed E-state index contributed by atoms with van der Waals surface area (Å²) in [7, 11) is 0. The van der Waals surface area contributed by atoms with E-state index >= 15 is 0 Å². The lowest BCUT2D eigenvalue weighted by atomic mass is 9.99. The van der Waals surface area contributed by atoms with Crippen molar-refractivity contribution in [3.8, 4) is 0 Å². The largest absolute Gasteiger partial charge is 0.457 e. The Balaban J connectivity index is 2.25. The molecule has 1 rings (SSSR count). The molecule has 0 aliphatic carbocycles. The highest BCUT2D eigenvalue weighted by molar-refractivity contribution is 5.69. The molecule has 1 heterocycles. The third kappa shape index (κ3) is 32.5. The molecule has 0 bridgehead atoms. The summed E-state index contributed by atoms with van der Waals surface area (Å²) in [5, 5.41) is 40.2. The van der Waals surface area contributed by atoms with Gasteiger partial charge in [-0.15, -0.1) is 0 Å². The zero-order valence-electron chi connectivity index (χ0n) is 37.7. The van der Waals surface area contributed by atoms with E-state index < -0.39 is 43.4 Å². The number of hydrogen-bond donors (Lipinski definition) is 4. The smallest absolute Gasteiger partial charge is 0.306 e. The number of unbranched alkanes of at least 4 members (excludes halogenated alkanes) is 22. The Morgan fingerprint density at radius 1 is 0.542 bits per heavy atom. The quantitative estimate of drug-likeness (QED) is 0.0270. The highest BCUT2D eigenvalue weighted by atomic mass is 16.7. The minimum Gasteiger partial charge on any atom is -0.457 e. The number of ether oxygens (including phenoxy) is 4. The second kappa shape index (κ2) is 41.5. The van der Waals surface area contributed by atoms with Gasteiger partial charge in [0.1, 0.15) is 30.5 Å². The fourth-order valence-electron chi connectivity index (χ4n) is 7.14. The van der Waals surface area contributed by atoms with Crippen LogP contribution in [0.3, 0.4) is 0 Å². The SMILES string of the molecule is CCCCC/C=C\C/C=C\CCCCCCCCCC(=O)OC(COCCCCCCCCCC/C=C\C/C=C\CCCCCC)COC1OC(CO)C(O)C(O)C1O. The first-order chi connectivity index (χ1) is 28.9. The predicted molar refractivity (Wildman–Crippen MR) is 242 cm³/mol. The normalized spacial score (nSPS) is 20.5. The zero-order valence-corrected chi connectivity index (χ0v) is 37.7. The van der Waals surface area contributed by atoms with Gasteiger partial charge in [0.2, 0.25) is 0 Å². The molecule has 0 amide bonds. The highest BCUT2D eigenvalue weighted by Crippen LogP contribution is 2.22. The standard InChI is InChI=1S/C50H90O9/c1-3-5-7-9-11-13-15-17-19-21-22-24-26-28-30-32-34-36-38-40-56-42-44(43-57-50-49(55)48(54)47(53)45(41-51)59-50)58-46(52)39-37-35-33-31-29-27-25-23-20-18-16-14-12-10-8-6-4-2/h12-15,18-21,44-45,47-51,53-55H,3-11,16-17,22-43H2,1-2H3/b14-12-,15-13-,20-18-,21-19-. The maximum Gasteiger partial charge on any atom is 0.306 e. The van der Waals surface area contributed by atoms with E-state index in [9.17, 15) is 25.2 Å². The molecule has 6 unspecified atom stereocenters. The molecule has 344 valence electrons. The van der Waals surface area contributed by atoms with Crippen LogP contribution in [-0.2, 0) is 23.7 Å². The van der Waals surface area contributed by atoms with E-state index in [0.29, 0.717) is 13.0 Å². The lowest BCUT2D eigenvalue weighted by molar-refractivity contribution is -0.305. The zero-order chi connectivity index (χ0) is 42.9. The van der Waals surface area contributed by atoms with E-state index in [1.807, 2.05) is 0 Å². The van der Waals surface area contributed by atoms with Gasteiger partial charge in [-0.05, 0) is 77.0 Å². The maximum atomic E-state index is 12.8. The molecule has 1 aliphatic heterocycles. The molecule has 9 heteroatoms. The summed E-state index contributed by atoms with van der Waals surface area (Å²) in [6, 6.07) is 0. The molecule has 1 aliphatic rings. The third-order valence-corrected chi connectivity index (χ3v) is 11.0. The summed E-state index contributed by atoms with van der Waals surface area (Å²) >= 11 is 0. The van der Waals surface area contributed by atoms with E-state index in [0.717, 1.165) is 57.8 Å². The van der Waals surface area contributed by atoms with Crippen LogP contribution in [-0.4, -0.2) is 89.6 Å². The van der Waals surface area contributed by atoms with Gasteiger partial charge in [-0.2, -0.15) is 0 Å². The van der Waals surface area contributed by atoms with Gasteiger partial charge in [-0.1, -0.05) is 165 Å². The Hall–Kier alpha value is -1.85. The Morgan fingerprint density at radius 3 is 1.49 bits per heavy atom. The summed E-state index contributed by atoms with van der Waals surface area (Å²) < 4.78 is 22.9. The van der Waals surface area contributed by atoms with Crippen molar-refractivity contribution in [3.63, 3.8) is 0 Å². The number of carbonyl (C=O) groups excluding carboxylic acids is 1. The van der Waals surface area contributed by atoms with Crippen LogP contribution < -0.4 is 0 Å². The average molecular weight is 835 g/mol. The molecule has 0 aromatic heterocycles. The van der Waals surface area contributed by atoms with Crippen LogP contribution >= 0.6 is 0 Å². The first kappa shape index (κ1) is 55.2. The Morgan fingerprint density at radius 2 is 0.983 bits per heavy atom. The second-order valence-corrected chi connectivity index (χ2v) is 16.6. The number of allylic oxidation sites excluding steroid dienone is 8. The predicted octanol–water partition coefficient (Wildman–Crippen LogP) is 11.3. The Labute approximate surface area is 361 Å². The summed E-state index contributed by atoms with van der Waals surface area (Å²) in [6.07, 6.45) is 44.2. The van der Waals surface area contributed by atoms with Crippen LogP contribution in [0.4, 0.5) is 0 Å². The lowest BCUT2D eigenvalue weighted by Gasteiger charge is -2.39. The van der Waals surface area contributed by atoms with Crippen molar-refractivity contribution in [2.75, 3.05) is 26.4 Å². The van der Waals surface area contributed by atoms with Crippen LogP contribution in [0.2, 0.25) is 0 Å². The van der Waals surface area contributed by atoms with Gasteiger partial charge >= 0.3 is 5.97 Å². The fraction of sp³-hybridized carbons (Fsp3) is 0.820. The molecule has 0 saturated carbocycles. The Bertz CT molecular complexity index is 1040. The van der Waals surface area contributed by atoms with Crippen LogP contribution in [0.1, 0.15) is 200 Å². The van der Waals surface area contributed by atoms with Crippen molar-refractivity contribution in [3.05, 3.63) is 48.6 Å². The average Bonchev–Trinajstić information content (AvgIpc) is 3.24. The minimum absolute atomic E-state index is 0.120. The first-order valence-corrected chi connectivity index (χ1v) is 24.2. The van der Waals surface area contributed by atoms with Crippen LogP contribution in [0.15, 0.2) is 48.6 Å². The van der Waals surface area contributed by atoms with Gasteiger partial charge < -0.3 is 39.4 Å². The molecule has 1 saturated heterocycles. The molecule has 9 nitrogen and oxygen atoms in total. The van der Waals surface area contributed by atoms with Gasteiger partial charge in [0.25, 0.3) is 0 Å². The summed E-state index contributed by atoms with van der Waals surface area (Å²) in [5.74, 6) is -0.324. The highest BCUT2D eigenvalue weighted by Gasteiger charge is 2.44. The molecule has 1 fully saturated rings. The van der Waals surface area contributed by atoms with Crippen molar-refractivity contribution in [1.29, 1.82) is 0 Å².